The molecule has 0 unspecified atom stereocenters. The molecule has 0 atom stereocenters. The van der Waals surface area contributed by atoms with Crippen molar-refractivity contribution in [3.05, 3.63) is 25.6 Å². The van der Waals surface area contributed by atoms with Gasteiger partial charge in [0.05, 0.1) is 0 Å². The van der Waals surface area contributed by atoms with E-state index in [0.29, 0.717) is 0 Å². The van der Waals surface area contributed by atoms with E-state index in [4.69, 9.17) is 0 Å². The quantitative estimate of drug-likeness (QED) is 0.386. The van der Waals surface area contributed by atoms with Crippen molar-refractivity contribution in [3.63, 3.8) is 0 Å². The predicted molar refractivity (Wildman–Crippen MR) is 69.0 cm³/mol. The van der Waals surface area contributed by atoms with E-state index in [-0.39, 0.29) is 0 Å². The number of rotatable bonds is 12. The molecule has 0 radical (unpaired) electrons. The van der Waals surface area contributed by atoms with Crippen molar-refractivity contribution in [1.29, 1.82) is 0 Å². The lowest BCUT2D eigenvalue weighted by molar-refractivity contribution is -0.116. The number of carbonyl (C=O) groups is 2. The monoisotopic (exact) mass is 238 g/mol. The molecular weight excluding hydrogens is 216 g/mol. The van der Waals surface area contributed by atoms with Crippen molar-refractivity contribution in [1.82, 2.24) is 9.80 Å². The van der Waals surface area contributed by atoms with Crippen LogP contribution in [0.2, 0.25) is 0 Å². The Morgan fingerprint density at radius 1 is 0.706 bits per heavy atom. The first-order valence-electron chi connectivity index (χ1n) is 5.95. The zero-order chi connectivity index (χ0) is 12.9. The summed E-state index contributed by atoms with van der Waals surface area (Å²) >= 11 is 0. The second kappa shape index (κ2) is 10.9. The molecule has 17 heavy (non-hydrogen) atoms. The lowest BCUT2D eigenvalue weighted by Gasteiger charge is -2.12. The van der Waals surface area contributed by atoms with Crippen LogP contribution in [0.4, 0.5) is 0 Å². The fourth-order valence-corrected chi connectivity index (χ4v) is 1.49. The van der Waals surface area contributed by atoms with E-state index in [1.165, 1.54) is 0 Å². The van der Waals surface area contributed by atoms with Gasteiger partial charge in [-0.1, -0.05) is 32.4 Å². The lowest BCUT2D eigenvalue weighted by atomic mass is 10.1. The Morgan fingerprint density at radius 2 is 1.06 bits per heavy atom. The lowest BCUT2D eigenvalue weighted by Crippen LogP contribution is -2.16. The van der Waals surface area contributed by atoms with Crippen molar-refractivity contribution in [2.24, 2.45) is 0 Å². The highest BCUT2D eigenvalue weighted by atomic mass is 16.1. The summed E-state index contributed by atoms with van der Waals surface area (Å²) in [5.41, 5.74) is 0. The van der Waals surface area contributed by atoms with E-state index in [2.05, 4.69) is 13.2 Å². The summed E-state index contributed by atoms with van der Waals surface area (Å²) in [4.78, 5) is 24.0. The number of hydrogen-bond donors (Lipinski definition) is 0. The largest absolute Gasteiger partial charge is 0.322 e. The third-order valence-corrected chi connectivity index (χ3v) is 2.57. The van der Waals surface area contributed by atoms with Crippen LogP contribution in [0.5, 0.6) is 0 Å². The van der Waals surface area contributed by atoms with Gasteiger partial charge in [0.1, 0.15) is 0 Å². The van der Waals surface area contributed by atoms with Crippen LogP contribution in [0.1, 0.15) is 32.1 Å². The molecule has 0 heterocycles. The van der Waals surface area contributed by atoms with Crippen molar-refractivity contribution in [2.75, 3.05) is 13.1 Å². The first-order valence-corrected chi connectivity index (χ1v) is 5.95. The molecule has 0 aliphatic heterocycles. The normalized spacial score (nSPS) is 9.41. The molecule has 4 nitrogen and oxygen atoms in total. The van der Waals surface area contributed by atoms with Gasteiger partial charge in [-0.15, -0.1) is 0 Å². The van der Waals surface area contributed by atoms with E-state index in [9.17, 15) is 9.59 Å². The molecule has 96 valence electrons. The van der Waals surface area contributed by atoms with Crippen molar-refractivity contribution < 1.29 is 9.59 Å². The average molecular weight is 238 g/mol. The Hall–Kier alpha value is -1.58. The van der Waals surface area contributed by atoms with Gasteiger partial charge in [-0.05, 0) is 25.2 Å². The summed E-state index contributed by atoms with van der Waals surface area (Å²) in [7, 11) is 0. The summed E-state index contributed by atoms with van der Waals surface area (Å²) in [6, 6.07) is 0. The topological polar surface area (TPSA) is 40.6 Å². The molecule has 0 rings (SSSR count). The Kier molecular flexibility index (Phi) is 9.91. The molecule has 0 saturated carbocycles. The number of carbonyl (C=O) groups excluding carboxylic acids is 2. The second-order valence-electron chi connectivity index (χ2n) is 3.82. The van der Waals surface area contributed by atoms with Gasteiger partial charge in [-0.3, -0.25) is 9.59 Å². The Balaban J connectivity index is 3.34. The Morgan fingerprint density at radius 3 is 1.35 bits per heavy atom. The second-order valence-corrected chi connectivity index (χ2v) is 3.82. The minimum absolute atomic E-state index is 0.736. The maximum Gasteiger partial charge on any atom is 0.213 e. The molecule has 0 fully saturated rings. The molecule has 0 aromatic heterocycles. The van der Waals surface area contributed by atoms with Crippen molar-refractivity contribution >= 4 is 12.8 Å². The summed E-state index contributed by atoms with van der Waals surface area (Å²) in [5, 5.41) is 0. The first kappa shape index (κ1) is 15.4. The van der Waals surface area contributed by atoms with Gasteiger partial charge in [0.2, 0.25) is 12.8 Å². The van der Waals surface area contributed by atoms with Gasteiger partial charge >= 0.3 is 0 Å². The van der Waals surface area contributed by atoms with Gasteiger partial charge in [-0.2, -0.15) is 0 Å². The molecule has 0 spiro atoms. The zero-order valence-electron chi connectivity index (χ0n) is 10.4. The highest BCUT2D eigenvalue weighted by Crippen LogP contribution is 2.04. The fraction of sp³-hybridized carbons (Fsp3) is 0.538. The molecular formula is C13H22N2O2. The van der Waals surface area contributed by atoms with Crippen LogP contribution in [0, 0.1) is 0 Å². The van der Waals surface area contributed by atoms with Crippen LogP contribution in [-0.4, -0.2) is 35.7 Å². The highest BCUT2D eigenvalue weighted by molar-refractivity contribution is 5.48. The standard InChI is InChI=1S/C13H22N2O2/c1-3-14(12-16)10-8-6-5-7-9-11-15(4-2)13-17/h3-4,12-13H,1-2,5-11H2. The summed E-state index contributed by atoms with van der Waals surface area (Å²) in [5.74, 6) is 0. The molecule has 0 aliphatic carbocycles. The zero-order valence-corrected chi connectivity index (χ0v) is 10.4. The summed E-state index contributed by atoms with van der Waals surface area (Å²) in [6.07, 6.45) is 9.94. The Labute approximate surface area is 104 Å². The summed E-state index contributed by atoms with van der Waals surface area (Å²) in [6.45, 7) is 8.56. The molecule has 0 saturated heterocycles. The van der Waals surface area contributed by atoms with Crippen LogP contribution in [0.3, 0.4) is 0 Å². The number of hydrogen-bond acceptors (Lipinski definition) is 2. The number of nitrogens with zero attached hydrogens (tertiary/aromatic N) is 2. The summed E-state index contributed by atoms with van der Waals surface area (Å²) < 4.78 is 0. The maximum absolute atomic E-state index is 10.5. The third kappa shape index (κ3) is 8.25. The van der Waals surface area contributed by atoms with E-state index in [1.807, 2.05) is 0 Å². The van der Waals surface area contributed by atoms with Gasteiger partial charge in [0.15, 0.2) is 0 Å². The number of amides is 2. The van der Waals surface area contributed by atoms with Gasteiger partial charge in [0.25, 0.3) is 0 Å². The molecule has 2 amide bonds. The number of unbranched alkanes of at least 4 members (excludes halogenated alkanes) is 4. The minimum Gasteiger partial charge on any atom is -0.322 e. The van der Waals surface area contributed by atoms with E-state index < -0.39 is 0 Å². The highest BCUT2D eigenvalue weighted by Gasteiger charge is 1.97. The third-order valence-electron chi connectivity index (χ3n) is 2.57. The van der Waals surface area contributed by atoms with Crippen LogP contribution in [0.25, 0.3) is 0 Å². The van der Waals surface area contributed by atoms with Crippen LogP contribution in [0.15, 0.2) is 25.6 Å². The molecule has 4 heteroatoms. The van der Waals surface area contributed by atoms with Crippen molar-refractivity contribution in [3.8, 4) is 0 Å². The molecule has 0 N–H and O–H groups in total. The fourth-order valence-electron chi connectivity index (χ4n) is 1.49. The first-order chi connectivity index (χ1) is 8.28. The van der Waals surface area contributed by atoms with Crippen molar-refractivity contribution in [2.45, 2.75) is 32.1 Å². The van der Waals surface area contributed by atoms with E-state index in [0.717, 1.165) is 58.0 Å². The maximum atomic E-state index is 10.5. The predicted octanol–water partition coefficient (Wildman–Crippen LogP) is 2.14. The van der Waals surface area contributed by atoms with Gasteiger partial charge < -0.3 is 9.80 Å². The van der Waals surface area contributed by atoms with Gasteiger partial charge in [0, 0.05) is 13.1 Å². The SMILES string of the molecule is C=CN(C=O)CCCCCCCN(C=C)C=O. The average Bonchev–Trinajstić information content (AvgIpc) is 2.37. The Bertz CT molecular complexity index is 202. The van der Waals surface area contributed by atoms with Crippen LogP contribution < -0.4 is 0 Å². The minimum atomic E-state index is 0.736. The van der Waals surface area contributed by atoms with Crippen LogP contribution >= 0.6 is 0 Å². The van der Waals surface area contributed by atoms with E-state index >= 15 is 0 Å². The molecule has 0 aliphatic rings. The molecule has 0 aromatic carbocycles. The molecule has 0 bridgehead atoms. The van der Waals surface area contributed by atoms with Gasteiger partial charge in [-0.25, -0.2) is 0 Å². The van der Waals surface area contributed by atoms with Crippen LogP contribution in [-0.2, 0) is 9.59 Å². The van der Waals surface area contributed by atoms with E-state index in [1.54, 1.807) is 22.2 Å². The smallest absolute Gasteiger partial charge is 0.213 e. The molecule has 0 aromatic rings.